The molecule has 0 atom stereocenters. The summed E-state index contributed by atoms with van der Waals surface area (Å²) >= 11 is 0. The molecular formula is C12H14FNO2. The Kier molecular flexibility index (Phi) is 2.90. The number of halogens is 1. The molecule has 0 unspecified atom stereocenters. The molecule has 1 aromatic rings. The van der Waals surface area contributed by atoms with Gasteiger partial charge in [0.05, 0.1) is 5.69 Å². The van der Waals surface area contributed by atoms with E-state index in [1.54, 1.807) is 0 Å². The van der Waals surface area contributed by atoms with Gasteiger partial charge in [0.2, 0.25) is 0 Å². The maximum Gasteiger partial charge on any atom is 0.315 e. The fraction of sp³-hybridized carbons (Fsp3) is 0.500. The van der Waals surface area contributed by atoms with Crippen LogP contribution in [-0.2, 0) is 10.2 Å². The van der Waals surface area contributed by atoms with Crippen molar-refractivity contribution in [3.8, 4) is 0 Å². The quantitative estimate of drug-likeness (QED) is 0.838. The van der Waals surface area contributed by atoms with Crippen molar-refractivity contribution >= 4 is 5.97 Å². The van der Waals surface area contributed by atoms with E-state index in [0.29, 0.717) is 12.8 Å². The number of nitrogens with zero attached hydrogens (tertiary/aromatic N) is 1. The smallest absolute Gasteiger partial charge is 0.315 e. The van der Waals surface area contributed by atoms with Crippen LogP contribution in [0.5, 0.6) is 0 Å². The molecule has 0 radical (unpaired) electrons. The summed E-state index contributed by atoms with van der Waals surface area (Å²) in [5.41, 5.74) is -1.01. The van der Waals surface area contributed by atoms with Crippen molar-refractivity contribution < 1.29 is 14.3 Å². The van der Waals surface area contributed by atoms with E-state index >= 15 is 0 Å². The van der Waals surface area contributed by atoms with Gasteiger partial charge in [-0.3, -0.25) is 9.78 Å². The molecule has 86 valence electrons. The van der Waals surface area contributed by atoms with Crippen molar-refractivity contribution in [2.75, 3.05) is 0 Å². The molecule has 0 aromatic carbocycles. The van der Waals surface area contributed by atoms with E-state index in [-0.39, 0.29) is 5.69 Å². The molecule has 1 heterocycles. The first kappa shape index (κ1) is 11.0. The highest BCUT2D eigenvalue weighted by molar-refractivity contribution is 5.80. The molecule has 1 aliphatic rings. The first-order valence-corrected chi connectivity index (χ1v) is 5.51. The van der Waals surface area contributed by atoms with Gasteiger partial charge in [-0.2, -0.15) is 0 Å². The average molecular weight is 223 g/mol. The lowest BCUT2D eigenvalue weighted by molar-refractivity contribution is -0.145. The summed E-state index contributed by atoms with van der Waals surface area (Å²) in [5, 5.41) is 9.36. The van der Waals surface area contributed by atoms with Crippen molar-refractivity contribution in [1.82, 2.24) is 4.98 Å². The summed E-state index contributed by atoms with van der Waals surface area (Å²) in [6.07, 6.45) is 5.08. The summed E-state index contributed by atoms with van der Waals surface area (Å²) < 4.78 is 13.7. The minimum absolute atomic E-state index is 0.0993. The van der Waals surface area contributed by atoms with Crippen molar-refractivity contribution in [3.05, 3.63) is 29.8 Å². The van der Waals surface area contributed by atoms with E-state index in [2.05, 4.69) is 4.98 Å². The van der Waals surface area contributed by atoms with E-state index in [9.17, 15) is 14.3 Å². The SMILES string of the molecule is O=C(O)C1(c2ncccc2F)CCCCC1. The molecular weight excluding hydrogens is 209 g/mol. The van der Waals surface area contributed by atoms with E-state index < -0.39 is 17.2 Å². The number of pyridine rings is 1. The van der Waals surface area contributed by atoms with Crippen LogP contribution >= 0.6 is 0 Å². The molecule has 0 bridgehead atoms. The summed E-state index contributed by atoms with van der Waals surface area (Å²) in [6.45, 7) is 0. The lowest BCUT2D eigenvalue weighted by atomic mass is 9.71. The molecule has 0 aliphatic heterocycles. The fourth-order valence-corrected chi connectivity index (χ4v) is 2.45. The van der Waals surface area contributed by atoms with Crippen molar-refractivity contribution in [2.24, 2.45) is 0 Å². The summed E-state index contributed by atoms with van der Waals surface area (Å²) in [6, 6.07) is 2.76. The molecule has 0 amide bonds. The van der Waals surface area contributed by atoms with E-state index in [1.807, 2.05) is 0 Å². The Bertz CT molecular complexity index is 400. The monoisotopic (exact) mass is 223 g/mol. The van der Waals surface area contributed by atoms with Gasteiger partial charge in [-0.15, -0.1) is 0 Å². The van der Waals surface area contributed by atoms with Crippen LogP contribution in [0.2, 0.25) is 0 Å². The van der Waals surface area contributed by atoms with Crippen LogP contribution in [0.4, 0.5) is 4.39 Å². The van der Waals surface area contributed by atoms with Gasteiger partial charge < -0.3 is 5.11 Å². The molecule has 2 rings (SSSR count). The zero-order valence-corrected chi connectivity index (χ0v) is 8.95. The molecule has 0 spiro atoms. The maximum absolute atomic E-state index is 13.7. The molecule has 0 saturated heterocycles. The second-order valence-corrected chi connectivity index (χ2v) is 4.28. The minimum Gasteiger partial charge on any atom is -0.481 e. The Hall–Kier alpha value is -1.45. The highest BCUT2D eigenvalue weighted by Gasteiger charge is 2.44. The molecule has 1 aromatic heterocycles. The molecule has 1 aliphatic carbocycles. The largest absolute Gasteiger partial charge is 0.481 e. The Morgan fingerprint density at radius 2 is 2.06 bits per heavy atom. The number of carboxylic acids is 1. The number of hydrogen-bond acceptors (Lipinski definition) is 2. The van der Waals surface area contributed by atoms with E-state index in [0.717, 1.165) is 19.3 Å². The van der Waals surface area contributed by atoms with Crippen LogP contribution in [0.25, 0.3) is 0 Å². The average Bonchev–Trinajstić information content (AvgIpc) is 2.30. The maximum atomic E-state index is 13.7. The van der Waals surface area contributed by atoms with Crippen molar-refractivity contribution in [3.63, 3.8) is 0 Å². The Labute approximate surface area is 93.3 Å². The third-order valence-corrected chi connectivity index (χ3v) is 3.33. The van der Waals surface area contributed by atoms with Gasteiger partial charge >= 0.3 is 5.97 Å². The Morgan fingerprint density at radius 1 is 1.38 bits per heavy atom. The third kappa shape index (κ3) is 1.68. The minimum atomic E-state index is -1.11. The van der Waals surface area contributed by atoms with Crippen molar-refractivity contribution in [1.29, 1.82) is 0 Å². The second kappa shape index (κ2) is 4.20. The third-order valence-electron chi connectivity index (χ3n) is 3.33. The van der Waals surface area contributed by atoms with Crippen LogP contribution < -0.4 is 0 Å². The molecule has 16 heavy (non-hydrogen) atoms. The van der Waals surface area contributed by atoms with Crippen molar-refractivity contribution in [2.45, 2.75) is 37.5 Å². The highest BCUT2D eigenvalue weighted by atomic mass is 19.1. The molecule has 1 saturated carbocycles. The predicted octanol–water partition coefficient (Wildman–Crippen LogP) is 2.51. The van der Waals surface area contributed by atoms with Gasteiger partial charge in [-0.25, -0.2) is 4.39 Å². The zero-order valence-electron chi connectivity index (χ0n) is 8.95. The van der Waals surface area contributed by atoms with E-state index in [4.69, 9.17) is 0 Å². The first-order chi connectivity index (χ1) is 7.67. The molecule has 1 fully saturated rings. The van der Waals surface area contributed by atoms with Crippen LogP contribution in [0.1, 0.15) is 37.8 Å². The molecule has 4 heteroatoms. The molecule has 3 nitrogen and oxygen atoms in total. The van der Waals surface area contributed by atoms with Gasteiger partial charge in [0, 0.05) is 6.20 Å². The summed E-state index contributed by atoms with van der Waals surface area (Å²) in [5.74, 6) is -1.46. The van der Waals surface area contributed by atoms with Gasteiger partial charge in [0.15, 0.2) is 0 Å². The predicted molar refractivity (Wildman–Crippen MR) is 56.6 cm³/mol. The number of aromatic nitrogens is 1. The van der Waals surface area contributed by atoms with Crippen LogP contribution in [0.15, 0.2) is 18.3 Å². The first-order valence-electron chi connectivity index (χ1n) is 5.51. The lowest BCUT2D eigenvalue weighted by Gasteiger charge is -2.32. The number of carboxylic acid groups (broad SMARTS) is 1. The number of carbonyl (C=O) groups is 1. The highest BCUT2D eigenvalue weighted by Crippen LogP contribution is 2.39. The Balaban J connectivity index is 2.47. The standard InChI is InChI=1S/C12H14FNO2/c13-9-5-4-8-14-10(9)12(11(15)16)6-2-1-3-7-12/h4-5,8H,1-3,6-7H2,(H,15,16). The molecule has 1 N–H and O–H groups in total. The van der Waals surface area contributed by atoms with Gasteiger partial charge in [-0.05, 0) is 25.0 Å². The van der Waals surface area contributed by atoms with Crippen LogP contribution in [0, 0.1) is 5.82 Å². The normalized spacial score (nSPS) is 19.3. The summed E-state index contributed by atoms with van der Waals surface area (Å²) in [7, 11) is 0. The second-order valence-electron chi connectivity index (χ2n) is 4.28. The zero-order chi connectivity index (χ0) is 11.6. The number of rotatable bonds is 2. The lowest BCUT2D eigenvalue weighted by Crippen LogP contribution is -2.39. The topological polar surface area (TPSA) is 50.2 Å². The van der Waals surface area contributed by atoms with Gasteiger partial charge in [-0.1, -0.05) is 19.3 Å². The Morgan fingerprint density at radius 3 is 2.62 bits per heavy atom. The van der Waals surface area contributed by atoms with E-state index in [1.165, 1.54) is 18.3 Å². The summed E-state index contributed by atoms with van der Waals surface area (Å²) in [4.78, 5) is 15.4. The number of hydrogen-bond donors (Lipinski definition) is 1. The number of aliphatic carboxylic acids is 1. The van der Waals surface area contributed by atoms with Crippen LogP contribution in [0.3, 0.4) is 0 Å². The fourth-order valence-electron chi connectivity index (χ4n) is 2.45. The van der Waals surface area contributed by atoms with Crippen LogP contribution in [-0.4, -0.2) is 16.1 Å². The van der Waals surface area contributed by atoms with Gasteiger partial charge in [0.1, 0.15) is 11.2 Å². The van der Waals surface area contributed by atoms with Gasteiger partial charge in [0.25, 0.3) is 0 Å².